The highest BCUT2D eigenvalue weighted by Gasteiger charge is 2.18. The average molecular weight is 464 g/mol. The maximum atomic E-state index is 10.4. The summed E-state index contributed by atoms with van der Waals surface area (Å²) >= 11 is 0. The second-order valence-corrected chi connectivity index (χ2v) is 8.83. The number of aromatic nitrogens is 3. The monoisotopic (exact) mass is 463 g/mol. The van der Waals surface area contributed by atoms with Gasteiger partial charge in [0.15, 0.2) is 0 Å². The molecular formula is C32H21N3O. The highest BCUT2D eigenvalue weighted by Crippen LogP contribution is 2.39. The standard InChI is InChI=1S/C32H21N3O/c36-30-18-8-14-26-25(19-20-33-31(26)30)23-11-6-13-24-22(23)12-7-15-27(24)32-34-28-16-4-5-17-29(28)35(32)21-9-2-1-3-10-21/h1-20,36H. The fraction of sp³-hybridized carbons (Fsp3) is 0. The molecule has 0 aliphatic heterocycles. The minimum atomic E-state index is 0.187. The van der Waals surface area contributed by atoms with Crippen LogP contribution in [0.1, 0.15) is 0 Å². The summed E-state index contributed by atoms with van der Waals surface area (Å²) in [6.07, 6.45) is 1.76. The summed E-state index contributed by atoms with van der Waals surface area (Å²) in [4.78, 5) is 9.51. The number of phenolic OH excluding ortho intramolecular Hbond substituents is 1. The summed E-state index contributed by atoms with van der Waals surface area (Å²) in [7, 11) is 0. The molecule has 0 radical (unpaired) electrons. The Morgan fingerprint density at radius 1 is 0.556 bits per heavy atom. The molecule has 0 amide bonds. The number of fused-ring (bicyclic) bond motifs is 3. The van der Waals surface area contributed by atoms with Gasteiger partial charge in [-0.15, -0.1) is 0 Å². The molecule has 7 rings (SSSR count). The maximum absolute atomic E-state index is 10.4. The summed E-state index contributed by atoms with van der Waals surface area (Å²) < 4.78 is 2.23. The Morgan fingerprint density at radius 2 is 1.22 bits per heavy atom. The van der Waals surface area contributed by atoms with Crippen molar-refractivity contribution in [3.05, 3.63) is 121 Å². The van der Waals surface area contributed by atoms with Crippen LogP contribution in [0.25, 0.3) is 60.9 Å². The van der Waals surface area contributed by atoms with Gasteiger partial charge in [-0.3, -0.25) is 9.55 Å². The van der Waals surface area contributed by atoms with Gasteiger partial charge in [0.2, 0.25) is 0 Å². The predicted octanol–water partition coefficient (Wildman–Crippen LogP) is 7.77. The van der Waals surface area contributed by atoms with E-state index in [4.69, 9.17) is 4.98 Å². The second kappa shape index (κ2) is 8.07. The lowest BCUT2D eigenvalue weighted by Gasteiger charge is -2.14. The van der Waals surface area contributed by atoms with Gasteiger partial charge in [-0.1, -0.05) is 78.9 Å². The molecule has 0 saturated carbocycles. The highest BCUT2D eigenvalue weighted by molar-refractivity contribution is 6.09. The van der Waals surface area contributed by atoms with Crippen LogP contribution in [0.5, 0.6) is 5.75 Å². The summed E-state index contributed by atoms with van der Waals surface area (Å²) in [5.41, 5.74) is 6.90. The Balaban J connectivity index is 1.53. The van der Waals surface area contributed by atoms with Gasteiger partial charge in [-0.05, 0) is 58.3 Å². The number of hydrogen-bond acceptors (Lipinski definition) is 3. The van der Waals surface area contributed by atoms with Crippen molar-refractivity contribution in [2.45, 2.75) is 0 Å². The lowest BCUT2D eigenvalue weighted by Crippen LogP contribution is -1.98. The summed E-state index contributed by atoms with van der Waals surface area (Å²) in [6, 6.07) is 39.0. The largest absolute Gasteiger partial charge is 0.506 e. The molecule has 0 saturated heterocycles. The Morgan fingerprint density at radius 3 is 2.08 bits per heavy atom. The number of phenols is 1. The minimum absolute atomic E-state index is 0.187. The Kier molecular flexibility index (Phi) is 4.57. The lowest BCUT2D eigenvalue weighted by atomic mass is 9.93. The van der Waals surface area contributed by atoms with Gasteiger partial charge in [0.25, 0.3) is 0 Å². The predicted molar refractivity (Wildman–Crippen MR) is 146 cm³/mol. The van der Waals surface area contributed by atoms with Crippen molar-refractivity contribution < 1.29 is 5.11 Å². The number of benzene rings is 5. The van der Waals surface area contributed by atoms with Gasteiger partial charge < -0.3 is 5.11 Å². The van der Waals surface area contributed by atoms with Crippen LogP contribution in [0.4, 0.5) is 0 Å². The molecule has 1 N–H and O–H groups in total. The van der Waals surface area contributed by atoms with Crippen molar-refractivity contribution >= 4 is 32.7 Å². The molecule has 5 aromatic carbocycles. The molecule has 0 bridgehead atoms. The van der Waals surface area contributed by atoms with Crippen LogP contribution in [0.2, 0.25) is 0 Å². The molecule has 4 heteroatoms. The SMILES string of the molecule is Oc1cccc2c(-c3cccc4c(-c5nc6ccccc6n5-c5ccccc5)cccc34)ccnc12. The maximum Gasteiger partial charge on any atom is 0.146 e. The van der Waals surface area contributed by atoms with Gasteiger partial charge in [-0.2, -0.15) is 0 Å². The van der Waals surface area contributed by atoms with Crippen LogP contribution >= 0.6 is 0 Å². The fourth-order valence-electron chi connectivity index (χ4n) is 5.18. The molecule has 0 unspecified atom stereocenters. The normalized spacial score (nSPS) is 11.4. The van der Waals surface area contributed by atoms with Crippen molar-refractivity contribution in [3.63, 3.8) is 0 Å². The molecule has 0 spiro atoms. The number of rotatable bonds is 3. The Bertz CT molecular complexity index is 1900. The van der Waals surface area contributed by atoms with Crippen molar-refractivity contribution in [2.24, 2.45) is 0 Å². The molecule has 2 aromatic heterocycles. The van der Waals surface area contributed by atoms with Crippen molar-refractivity contribution in [2.75, 3.05) is 0 Å². The number of imidazole rings is 1. The Hall–Kier alpha value is -4.96. The third kappa shape index (κ3) is 3.08. The van der Waals surface area contributed by atoms with Crippen LogP contribution < -0.4 is 0 Å². The molecule has 7 aromatic rings. The van der Waals surface area contributed by atoms with E-state index in [1.807, 2.05) is 30.3 Å². The second-order valence-electron chi connectivity index (χ2n) is 8.83. The number of para-hydroxylation sites is 4. The van der Waals surface area contributed by atoms with E-state index in [2.05, 4.69) is 88.4 Å². The van der Waals surface area contributed by atoms with Crippen LogP contribution in [0.15, 0.2) is 121 Å². The van der Waals surface area contributed by atoms with E-state index in [0.717, 1.165) is 55.4 Å². The first-order chi connectivity index (χ1) is 17.8. The van der Waals surface area contributed by atoms with E-state index in [-0.39, 0.29) is 5.75 Å². The topological polar surface area (TPSA) is 50.9 Å². The van der Waals surface area contributed by atoms with Gasteiger partial charge in [-0.25, -0.2) is 4.98 Å². The average Bonchev–Trinajstić information content (AvgIpc) is 3.32. The summed E-state index contributed by atoms with van der Waals surface area (Å²) in [5.74, 6) is 1.09. The van der Waals surface area contributed by atoms with Crippen LogP contribution in [-0.4, -0.2) is 19.6 Å². The van der Waals surface area contributed by atoms with Gasteiger partial charge in [0.05, 0.1) is 11.0 Å². The molecule has 0 aliphatic carbocycles. The fourth-order valence-corrected chi connectivity index (χ4v) is 5.18. The lowest BCUT2D eigenvalue weighted by molar-refractivity contribution is 0.480. The molecular weight excluding hydrogens is 442 g/mol. The molecule has 36 heavy (non-hydrogen) atoms. The van der Waals surface area contributed by atoms with E-state index in [9.17, 15) is 5.11 Å². The van der Waals surface area contributed by atoms with Crippen LogP contribution in [0, 0.1) is 0 Å². The first kappa shape index (κ1) is 20.4. The Labute approximate surface area is 207 Å². The quantitative estimate of drug-likeness (QED) is 0.291. The van der Waals surface area contributed by atoms with E-state index in [1.54, 1.807) is 12.3 Å². The number of aromatic hydroxyl groups is 1. The van der Waals surface area contributed by atoms with Gasteiger partial charge >= 0.3 is 0 Å². The highest BCUT2D eigenvalue weighted by atomic mass is 16.3. The molecule has 0 aliphatic rings. The molecule has 0 atom stereocenters. The minimum Gasteiger partial charge on any atom is -0.506 e. The van der Waals surface area contributed by atoms with E-state index in [1.165, 1.54) is 0 Å². The van der Waals surface area contributed by atoms with Crippen LogP contribution in [-0.2, 0) is 0 Å². The zero-order chi connectivity index (χ0) is 24.1. The van der Waals surface area contributed by atoms with Gasteiger partial charge in [0.1, 0.15) is 17.1 Å². The van der Waals surface area contributed by atoms with Crippen LogP contribution in [0.3, 0.4) is 0 Å². The smallest absolute Gasteiger partial charge is 0.146 e. The molecule has 0 fully saturated rings. The molecule has 4 nitrogen and oxygen atoms in total. The van der Waals surface area contributed by atoms with Gasteiger partial charge in [0, 0.05) is 22.8 Å². The first-order valence-electron chi connectivity index (χ1n) is 11.9. The van der Waals surface area contributed by atoms with E-state index in [0.29, 0.717) is 5.52 Å². The van der Waals surface area contributed by atoms with Crippen molar-refractivity contribution in [3.8, 4) is 34.0 Å². The van der Waals surface area contributed by atoms with E-state index >= 15 is 0 Å². The zero-order valence-corrected chi connectivity index (χ0v) is 19.3. The third-order valence-electron chi connectivity index (χ3n) is 6.78. The third-order valence-corrected chi connectivity index (χ3v) is 6.78. The molecule has 170 valence electrons. The zero-order valence-electron chi connectivity index (χ0n) is 19.3. The summed E-state index contributed by atoms with van der Waals surface area (Å²) in [6.45, 7) is 0. The molecule has 2 heterocycles. The van der Waals surface area contributed by atoms with E-state index < -0.39 is 0 Å². The number of pyridine rings is 1. The van der Waals surface area contributed by atoms with Crippen molar-refractivity contribution in [1.82, 2.24) is 14.5 Å². The number of hydrogen-bond donors (Lipinski definition) is 1. The summed E-state index contributed by atoms with van der Waals surface area (Å²) in [5, 5.41) is 13.5. The first-order valence-corrected chi connectivity index (χ1v) is 11.9. The number of nitrogens with zero attached hydrogens (tertiary/aromatic N) is 3. The van der Waals surface area contributed by atoms with Crippen molar-refractivity contribution in [1.29, 1.82) is 0 Å².